The third kappa shape index (κ3) is 4.20. The highest BCUT2D eigenvalue weighted by molar-refractivity contribution is 5.93. The summed E-state index contributed by atoms with van der Waals surface area (Å²) in [5, 5.41) is 6.19. The van der Waals surface area contributed by atoms with Crippen molar-refractivity contribution in [3.8, 4) is 0 Å². The first-order chi connectivity index (χ1) is 9.69. The normalized spacial score (nSPS) is 16.9. The lowest BCUT2D eigenvalue weighted by atomic mass is 9.97. The van der Waals surface area contributed by atoms with Crippen LogP contribution in [0.15, 0.2) is 18.3 Å². The molecule has 20 heavy (non-hydrogen) atoms. The van der Waals surface area contributed by atoms with Crippen LogP contribution in [0.1, 0.15) is 30.3 Å². The fraction of sp³-hybridized carbons (Fsp3) is 0.600. The highest BCUT2D eigenvalue weighted by Gasteiger charge is 2.16. The molecule has 1 aliphatic rings. The molecule has 0 spiro atoms. The number of nitrogens with one attached hydrogen (secondary N) is 2. The molecule has 1 aromatic heterocycles. The number of hydrogen-bond donors (Lipinski definition) is 2. The van der Waals surface area contributed by atoms with Crippen LogP contribution in [0, 0.1) is 5.92 Å². The SMILES string of the molecule is CCNC(=O)c1cc(NCC2CCN(C)CC2)ccn1. The van der Waals surface area contributed by atoms with Crippen molar-refractivity contribution in [2.24, 2.45) is 5.92 Å². The van der Waals surface area contributed by atoms with Gasteiger partial charge in [-0.1, -0.05) is 0 Å². The van der Waals surface area contributed by atoms with Gasteiger partial charge in [0.2, 0.25) is 0 Å². The van der Waals surface area contributed by atoms with E-state index in [0.29, 0.717) is 18.2 Å². The van der Waals surface area contributed by atoms with Gasteiger partial charge >= 0.3 is 0 Å². The van der Waals surface area contributed by atoms with E-state index in [1.165, 1.54) is 25.9 Å². The molecule has 1 saturated heterocycles. The predicted octanol–water partition coefficient (Wildman–Crippen LogP) is 1.58. The molecule has 0 aromatic carbocycles. The van der Waals surface area contributed by atoms with Crippen molar-refractivity contribution in [3.05, 3.63) is 24.0 Å². The predicted molar refractivity (Wildman–Crippen MR) is 81.0 cm³/mol. The molecule has 1 aliphatic heterocycles. The topological polar surface area (TPSA) is 57.3 Å². The van der Waals surface area contributed by atoms with Gasteiger partial charge in [0.05, 0.1) is 0 Å². The van der Waals surface area contributed by atoms with E-state index in [0.717, 1.165) is 12.2 Å². The minimum Gasteiger partial charge on any atom is -0.385 e. The second-order valence-corrected chi connectivity index (χ2v) is 5.42. The highest BCUT2D eigenvalue weighted by Crippen LogP contribution is 2.17. The molecular formula is C15H24N4O. The average Bonchev–Trinajstić information content (AvgIpc) is 2.47. The van der Waals surface area contributed by atoms with E-state index >= 15 is 0 Å². The second kappa shape index (κ2) is 7.24. The minimum atomic E-state index is -0.115. The van der Waals surface area contributed by atoms with Gasteiger partial charge in [0, 0.05) is 25.0 Å². The van der Waals surface area contributed by atoms with Gasteiger partial charge in [-0.05, 0) is 58.0 Å². The van der Waals surface area contributed by atoms with Gasteiger partial charge in [-0.15, -0.1) is 0 Å². The molecular weight excluding hydrogens is 252 g/mol. The van der Waals surface area contributed by atoms with Crippen LogP contribution in [0.25, 0.3) is 0 Å². The Kier molecular flexibility index (Phi) is 5.35. The van der Waals surface area contributed by atoms with E-state index in [9.17, 15) is 4.79 Å². The molecule has 2 N–H and O–H groups in total. The largest absolute Gasteiger partial charge is 0.385 e. The summed E-state index contributed by atoms with van der Waals surface area (Å²) in [7, 11) is 2.17. The maximum Gasteiger partial charge on any atom is 0.269 e. The Balaban J connectivity index is 1.86. The Labute approximate surface area is 120 Å². The summed E-state index contributed by atoms with van der Waals surface area (Å²) in [5.41, 5.74) is 1.44. The van der Waals surface area contributed by atoms with Crippen molar-refractivity contribution >= 4 is 11.6 Å². The minimum absolute atomic E-state index is 0.115. The Morgan fingerprint density at radius 2 is 2.20 bits per heavy atom. The lowest BCUT2D eigenvalue weighted by Crippen LogP contribution is -2.33. The molecule has 1 fully saturated rings. The number of nitrogens with zero attached hydrogens (tertiary/aromatic N) is 2. The second-order valence-electron chi connectivity index (χ2n) is 5.42. The molecule has 0 atom stereocenters. The van der Waals surface area contributed by atoms with Crippen LogP contribution in [0.2, 0.25) is 0 Å². The van der Waals surface area contributed by atoms with E-state index in [1.807, 2.05) is 19.1 Å². The fourth-order valence-electron chi connectivity index (χ4n) is 2.44. The number of pyridine rings is 1. The number of hydrogen-bond acceptors (Lipinski definition) is 4. The number of carbonyl (C=O) groups is 1. The standard InChI is InChI=1S/C15H24N4O/c1-3-16-15(20)14-10-13(4-7-17-14)18-11-12-5-8-19(2)9-6-12/h4,7,10,12H,3,5-6,8-9,11H2,1-2H3,(H,16,20)(H,17,18). The zero-order chi connectivity index (χ0) is 14.4. The van der Waals surface area contributed by atoms with Crippen LogP contribution < -0.4 is 10.6 Å². The van der Waals surface area contributed by atoms with Crippen LogP contribution in [-0.2, 0) is 0 Å². The summed E-state index contributed by atoms with van der Waals surface area (Å²) >= 11 is 0. The molecule has 2 heterocycles. The molecule has 5 nitrogen and oxygen atoms in total. The number of likely N-dealkylation sites (tertiary alicyclic amines) is 1. The fourth-order valence-corrected chi connectivity index (χ4v) is 2.44. The number of amides is 1. The van der Waals surface area contributed by atoms with Crippen molar-refractivity contribution in [3.63, 3.8) is 0 Å². The van der Waals surface area contributed by atoms with Gasteiger partial charge in [-0.3, -0.25) is 9.78 Å². The number of aromatic nitrogens is 1. The van der Waals surface area contributed by atoms with Crippen LogP contribution in [0.5, 0.6) is 0 Å². The van der Waals surface area contributed by atoms with Crippen molar-refractivity contribution in [1.82, 2.24) is 15.2 Å². The van der Waals surface area contributed by atoms with Crippen LogP contribution in [0.4, 0.5) is 5.69 Å². The molecule has 0 bridgehead atoms. The van der Waals surface area contributed by atoms with Gasteiger partial charge < -0.3 is 15.5 Å². The van der Waals surface area contributed by atoms with Crippen LogP contribution in [0.3, 0.4) is 0 Å². The lowest BCUT2D eigenvalue weighted by molar-refractivity contribution is 0.0951. The van der Waals surface area contributed by atoms with Crippen molar-refractivity contribution in [2.45, 2.75) is 19.8 Å². The molecule has 0 aliphatic carbocycles. The van der Waals surface area contributed by atoms with E-state index in [-0.39, 0.29) is 5.91 Å². The van der Waals surface area contributed by atoms with Gasteiger partial charge in [-0.2, -0.15) is 0 Å². The first-order valence-electron chi connectivity index (χ1n) is 7.35. The quantitative estimate of drug-likeness (QED) is 0.857. The molecule has 0 unspecified atom stereocenters. The maximum atomic E-state index is 11.7. The monoisotopic (exact) mass is 276 g/mol. The number of carbonyl (C=O) groups excluding carboxylic acids is 1. The smallest absolute Gasteiger partial charge is 0.269 e. The van der Waals surface area contributed by atoms with Crippen molar-refractivity contribution in [1.29, 1.82) is 0 Å². The Hall–Kier alpha value is -1.62. The summed E-state index contributed by atoms with van der Waals surface area (Å²) < 4.78 is 0. The van der Waals surface area contributed by atoms with Gasteiger partial charge in [-0.25, -0.2) is 0 Å². The summed E-state index contributed by atoms with van der Waals surface area (Å²) in [6, 6.07) is 3.73. The maximum absolute atomic E-state index is 11.7. The Morgan fingerprint density at radius 3 is 2.90 bits per heavy atom. The molecule has 0 saturated carbocycles. The van der Waals surface area contributed by atoms with Crippen molar-refractivity contribution < 1.29 is 4.79 Å². The zero-order valence-corrected chi connectivity index (χ0v) is 12.4. The zero-order valence-electron chi connectivity index (χ0n) is 12.4. The summed E-state index contributed by atoms with van der Waals surface area (Å²) in [5.74, 6) is 0.600. The average molecular weight is 276 g/mol. The van der Waals surface area contributed by atoms with E-state index < -0.39 is 0 Å². The Bertz CT molecular complexity index is 441. The molecule has 110 valence electrons. The first kappa shape index (κ1) is 14.8. The van der Waals surface area contributed by atoms with Crippen molar-refractivity contribution in [2.75, 3.05) is 38.5 Å². The highest BCUT2D eigenvalue weighted by atomic mass is 16.1. The van der Waals surface area contributed by atoms with E-state index in [2.05, 4.69) is 27.6 Å². The summed E-state index contributed by atoms with van der Waals surface area (Å²) in [6.45, 7) is 5.83. The lowest BCUT2D eigenvalue weighted by Gasteiger charge is -2.29. The molecule has 5 heteroatoms. The molecule has 0 radical (unpaired) electrons. The summed E-state index contributed by atoms with van der Waals surface area (Å²) in [4.78, 5) is 18.2. The van der Waals surface area contributed by atoms with Gasteiger partial charge in [0.25, 0.3) is 5.91 Å². The van der Waals surface area contributed by atoms with Gasteiger partial charge in [0.15, 0.2) is 0 Å². The number of rotatable bonds is 5. The number of anilines is 1. The molecule has 1 aromatic rings. The first-order valence-corrected chi connectivity index (χ1v) is 7.35. The summed E-state index contributed by atoms with van der Waals surface area (Å²) in [6.07, 6.45) is 4.15. The van der Waals surface area contributed by atoms with E-state index in [4.69, 9.17) is 0 Å². The molecule has 2 rings (SSSR count). The third-order valence-corrected chi connectivity index (χ3v) is 3.76. The Morgan fingerprint density at radius 1 is 1.45 bits per heavy atom. The van der Waals surface area contributed by atoms with Crippen LogP contribution >= 0.6 is 0 Å². The number of piperidine rings is 1. The molecule has 1 amide bonds. The third-order valence-electron chi connectivity index (χ3n) is 3.76. The van der Waals surface area contributed by atoms with Gasteiger partial charge in [0.1, 0.15) is 5.69 Å². The van der Waals surface area contributed by atoms with Crippen LogP contribution in [-0.4, -0.2) is 49.0 Å². The van der Waals surface area contributed by atoms with E-state index in [1.54, 1.807) is 6.20 Å².